The van der Waals surface area contributed by atoms with Crippen LogP contribution in [0.1, 0.15) is 5.82 Å². The van der Waals surface area contributed by atoms with Crippen molar-refractivity contribution in [1.82, 2.24) is 14.8 Å². The third-order valence-corrected chi connectivity index (χ3v) is 2.71. The zero-order chi connectivity index (χ0) is 10.6. The fraction of sp³-hybridized carbons (Fsp3) is 0.571. The highest BCUT2D eigenvalue weighted by Gasteiger charge is 2.11. The van der Waals surface area contributed by atoms with Crippen molar-refractivity contribution >= 4 is 17.7 Å². The first kappa shape index (κ1) is 11.0. The van der Waals surface area contributed by atoms with E-state index in [2.05, 4.69) is 10.2 Å². The molecule has 14 heavy (non-hydrogen) atoms. The fourth-order valence-electron chi connectivity index (χ4n) is 0.786. The number of aryl methyl sites for hydroxylation is 1. The van der Waals surface area contributed by atoms with Crippen molar-refractivity contribution in [2.45, 2.75) is 11.8 Å². The molecule has 1 heterocycles. The van der Waals surface area contributed by atoms with Crippen LogP contribution in [0.25, 0.3) is 0 Å². The number of aliphatic carboxylic acids is 1. The predicted molar refractivity (Wildman–Crippen MR) is 52.8 cm³/mol. The molecule has 6 nitrogen and oxygen atoms in total. The van der Waals surface area contributed by atoms with Crippen molar-refractivity contribution in [3.63, 3.8) is 0 Å². The molecule has 0 aromatic carbocycles. The second-order valence-electron chi connectivity index (χ2n) is 2.82. The first-order chi connectivity index (χ1) is 6.61. The molecule has 0 saturated heterocycles. The van der Waals surface area contributed by atoms with Gasteiger partial charge in [-0.15, -0.1) is 10.2 Å². The van der Waals surface area contributed by atoms with Crippen molar-refractivity contribution in [2.75, 3.05) is 5.75 Å². The van der Waals surface area contributed by atoms with Gasteiger partial charge in [0.05, 0.1) is 5.75 Å². The van der Waals surface area contributed by atoms with E-state index in [4.69, 9.17) is 10.8 Å². The van der Waals surface area contributed by atoms with Crippen molar-refractivity contribution in [3.05, 3.63) is 12.2 Å². The van der Waals surface area contributed by atoms with Crippen LogP contribution in [-0.2, 0) is 17.6 Å². The first-order valence-corrected chi connectivity index (χ1v) is 5.15. The molecule has 78 valence electrons. The lowest BCUT2D eigenvalue weighted by atomic mass is 10.4. The number of carboxylic acid groups (broad SMARTS) is 1. The Morgan fingerprint density at radius 2 is 2.57 bits per heavy atom. The number of nitrogens with zero attached hydrogens (tertiary/aromatic N) is 3. The number of nitrogens with two attached hydrogens (primary N) is 1. The molecule has 7 heteroatoms. The van der Waals surface area contributed by atoms with Gasteiger partial charge in [-0.3, -0.25) is 4.79 Å². The van der Waals surface area contributed by atoms with Crippen LogP contribution < -0.4 is 5.73 Å². The quantitative estimate of drug-likeness (QED) is 0.686. The van der Waals surface area contributed by atoms with Crippen molar-refractivity contribution in [2.24, 2.45) is 12.8 Å². The minimum absolute atomic E-state index is 0.377. The molecule has 0 spiro atoms. The van der Waals surface area contributed by atoms with Gasteiger partial charge < -0.3 is 15.4 Å². The predicted octanol–water partition coefficient (Wildman–Crippen LogP) is -0.540. The van der Waals surface area contributed by atoms with Gasteiger partial charge in [0.2, 0.25) is 0 Å². The van der Waals surface area contributed by atoms with Crippen molar-refractivity contribution in [1.29, 1.82) is 0 Å². The molecular formula is C7H12N4O2S. The van der Waals surface area contributed by atoms with Crippen LogP contribution in [0.4, 0.5) is 0 Å². The summed E-state index contributed by atoms with van der Waals surface area (Å²) >= 11 is 1.43. The number of thioether (sulfide) groups is 1. The van der Waals surface area contributed by atoms with E-state index in [-0.39, 0.29) is 0 Å². The van der Waals surface area contributed by atoms with Gasteiger partial charge in [0, 0.05) is 12.8 Å². The minimum Gasteiger partial charge on any atom is -0.480 e. The Labute approximate surface area is 85.5 Å². The van der Waals surface area contributed by atoms with E-state index < -0.39 is 12.0 Å². The van der Waals surface area contributed by atoms with Gasteiger partial charge in [-0.25, -0.2) is 0 Å². The number of carboxylic acids is 1. The third kappa shape index (κ3) is 3.00. The lowest BCUT2D eigenvalue weighted by Crippen LogP contribution is -2.32. The van der Waals surface area contributed by atoms with E-state index >= 15 is 0 Å². The van der Waals surface area contributed by atoms with Crippen LogP contribution in [0.15, 0.2) is 6.33 Å². The zero-order valence-electron chi connectivity index (χ0n) is 7.75. The highest BCUT2D eigenvalue weighted by Crippen LogP contribution is 2.09. The average Bonchev–Trinajstić information content (AvgIpc) is 2.51. The summed E-state index contributed by atoms with van der Waals surface area (Å²) in [4.78, 5) is 10.4. The van der Waals surface area contributed by atoms with Gasteiger partial charge in [-0.2, -0.15) is 11.8 Å². The topological polar surface area (TPSA) is 94.0 Å². The summed E-state index contributed by atoms with van der Waals surface area (Å²) in [7, 11) is 1.84. The van der Waals surface area contributed by atoms with Gasteiger partial charge >= 0.3 is 5.97 Å². The van der Waals surface area contributed by atoms with Crippen LogP contribution >= 0.6 is 11.8 Å². The zero-order valence-corrected chi connectivity index (χ0v) is 8.57. The molecule has 0 radical (unpaired) electrons. The third-order valence-electron chi connectivity index (χ3n) is 1.65. The van der Waals surface area contributed by atoms with Crippen LogP contribution in [0.2, 0.25) is 0 Å². The summed E-state index contributed by atoms with van der Waals surface area (Å²) < 4.78 is 1.79. The second-order valence-corrected chi connectivity index (χ2v) is 3.85. The number of carbonyl (C=O) groups is 1. The molecule has 0 aliphatic carbocycles. The summed E-state index contributed by atoms with van der Waals surface area (Å²) in [5.41, 5.74) is 5.33. The van der Waals surface area contributed by atoms with Crippen molar-refractivity contribution < 1.29 is 9.90 Å². The lowest BCUT2D eigenvalue weighted by Gasteiger charge is -2.04. The molecule has 1 atom stereocenters. The Morgan fingerprint density at radius 1 is 1.86 bits per heavy atom. The molecule has 3 N–H and O–H groups in total. The Morgan fingerprint density at radius 3 is 3.07 bits per heavy atom. The summed E-state index contributed by atoms with van der Waals surface area (Å²) in [6.07, 6.45) is 1.60. The molecule has 0 fully saturated rings. The van der Waals surface area contributed by atoms with Gasteiger partial charge in [-0.1, -0.05) is 0 Å². The monoisotopic (exact) mass is 216 g/mol. The molecule has 0 unspecified atom stereocenters. The van der Waals surface area contributed by atoms with Crippen molar-refractivity contribution in [3.8, 4) is 0 Å². The summed E-state index contributed by atoms with van der Waals surface area (Å²) in [5, 5.41) is 16.1. The van der Waals surface area contributed by atoms with Crippen LogP contribution in [0.3, 0.4) is 0 Å². The van der Waals surface area contributed by atoms with Crippen LogP contribution in [0.5, 0.6) is 0 Å². The number of hydrogen-bond acceptors (Lipinski definition) is 5. The average molecular weight is 216 g/mol. The largest absolute Gasteiger partial charge is 0.480 e. The van der Waals surface area contributed by atoms with E-state index in [0.717, 1.165) is 5.82 Å². The maximum atomic E-state index is 10.4. The Bertz CT molecular complexity index is 314. The van der Waals surface area contributed by atoms with E-state index in [0.29, 0.717) is 11.5 Å². The SMILES string of the molecule is Cn1cnnc1CSC[C@@H](N)C(=O)O. The molecule has 0 aliphatic rings. The number of aromatic nitrogens is 3. The summed E-state index contributed by atoms with van der Waals surface area (Å²) in [5.74, 6) is 0.836. The standard InChI is InChI=1S/C7H12N4O2S/c1-11-4-9-10-6(11)3-14-2-5(8)7(12)13/h4-5H,2-3,8H2,1H3,(H,12,13)/t5-/m1/s1. The summed E-state index contributed by atoms with van der Waals surface area (Å²) in [6.45, 7) is 0. The molecule has 0 aliphatic heterocycles. The second kappa shape index (κ2) is 4.97. The minimum atomic E-state index is -0.976. The fourth-order valence-corrected chi connectivity index (χ4v) is 1.74. The molecule has 1 aromatic rings. The number of hydrogen-bond donors (Lipinski definition) is 2. The molecule has 1 rings (SSSR count). The van der Waals surface area contributed by atoms with Crippen LogP contribution in [-0.4, -0.2) is 37.6 Å². The van der Waals surface area contributed by atoms with Gasteiger partial charge in [0.25, 0.3) is 0 Å². The van der Waals surface area contributed by atoms with Gasteiger partial charge in [0.1, 0.15) is 18.2 Å². The Hall–Kier alpha value is -1.08. The molecular weight excluding hydrogens is 204 g/mol. The maximum Gasteiger partial charge on any atom is 0.321 e. The molecule has 1 aromatic heterocycles. The highest BCUT2D eigenvalue weighted by molar-refractivity contribution is 7.98. The maximum absolute atomic E-state index is 10.4. The Balaban J connectivity index is 2.29. The lowest BCUT2D eigenvalue weighted by molar-refractivity contribution is -0.137. The van der Waals surface area contributed by atoms with Crippen LogP contribution in [0, 0.1) is 0 Å². The van der Waals surface area contributed by atoms with E-state index in [1.807, 2.05) is 7.05 Å². The van der Waals surface area contributed by atoms with Gasteiger partial charge in [0.15, 0.2) is 0 Å². The van der Waals surface area contributed by atoms with E-state index in [9.17, 15) is 4.79 Å². The van der Waals surface area contributed by atoms with E-state index in [1.54, 1.807) is 10.9 Å². The smallest absolute Gasteiger partial charge is 0.321 e. The molecule has 0 saturated carbocycles. The van der Waals surface area contributed by atoms with Gasteiger partial charge in [-0.05, 0) is 0 Å². The number of rotatable bonds is 5. The molecule has 0 amide bonds. The highest BCUT2D eigenvalue weighted by atomic mass is 32.2. The first-order valence-electron chi connectivity index (χ1n) is 4.00. The molecule has 0 bridgehead atoms. The Kier molecular flexibility index (Phi) is 3.90. The van der Waals surface area contributed by atoms with E-state index in [1.165, 1.54) is 11.8 Å². The normalized spacial score (nSPS) is 12.7. The summed E-state index contributed by atoms with van der Waals surface area (Å²) in [6, 6.07) is -0.812.